The molecule has 0 radical (unpaired) electrons. The molecule has 0 saturated carbocycles. The van der Waals surface area contributed by atoms with Gasteiger partial charge < -0.3 is 4.74 Å². The minimum Gasteiger partial charge on any atom is -0.377 e. The third-order valence-corrected chi connectivity index (χ3v) is 1.85. The molecule has 1 unspecified atom stereocenters. The van der Waals surface area contributed by atoms with E-state index < -0.39 is 0 Å². The van der Waals surface area contributed by atoms with Crippen molar-refractivity contribution in [2.45, 2.75) is 25.9 Å². The Morgan fingerprint density at radius 2 is 2.50 bits per heavy atom. The molecule has 56 valence electrons. The van der Waals surface area contributed by atoms with Crippen LogP contribution in [0.4, 0.5) is 0 Å². The lowest BCUT2D eigenvalue weighted by atomic mass is 10.0. The number of hydrogen-bond acceptors (Lipinski definition) is 1. The molecule has 0 aromatic carbocycles. The smallest absolute Gasteiger partial charge is 0.0789 e. The average Bonchev–Trinajstić information content (AvgIpc) is 2.05. The van der Waals surface area contributed by atoms with Gasteiger partial charge in [0.1, 0.15) is 0 Å². The van der Waals surface area contributed by atoms with E-state index in [2.05, 4.69) is 25.2 Å². The summed E-state index contributed by atoms with van der Waals surface area (Å²) >= 11 is 0. The van der Waals surface area contributed by atoms with Crippen molar-refractivity contribution in [3.63, 3.8) is 0 Å². The molecule has 0 aromatic rings. The second-order valence-electron chi connectivity index (χ2n) is 2.50. The number of methoxy groups -OCH3 is 1. The lowest BCUT2D eigenvalue weighted by molar-refractivity contribution is 0.142. The van der Waals surface area contributed by atoms with Gasteiger partial charge in [0, 0.05) is 7.11 Å². The topological polar surface area (TPSA) is 9.23 Å². The first-order valence-corrected chi connectivity index (χ1v) is 3.77. The van der Waals surface area contributed by atoms with Crippen molar-refractivity contribution in [2.75, 3.05) is 7.11 Å². The van der Waals surface area contributed by atoms with Gasteiger partial charge in [0.25, 0.3) is 0 Å². The SMILES string of the molecule is CCC1=CCC(OC)C=C1. The quantitative estimate of drug-likeness (QED) is 0.569. The average molecular weight is 138 g/mol. The van der Waals surface area contributed by atoms with Gasteiger partial charge in [-0.15, -0.1) is 0 Å². The summed E-state index contributed by atoms with van der Waals surface area (Å²) in [6.45, 7) is 2.17. The van der Waals surface area contributed by atoms with Crippen LogP contribution < -0.4 is 0 Å². The molecule has 0 spiro atoms. The fourth-order valence-corrected chi connectivity index (χ4v) is 1.08. The van der Waals surface area contributed by atoms with E-state index in [-0.39, 0.29) is 0 Å². The molecular weight excluding hydrogens is 124 g/mol. The van der Waals surface area contributed by atoms with Crippen molar-refractivity contribution < 1.29 is 4.74 Å². The molecule has 1 rings (SSSR count). The van der Waals surface area contributed by atoms with E-state index in [0.717, 1.165) is 12.8 Å². The van der Waals surface area contributed by atoms with Crippen LogP contribution in [0.15, 0.2) is 23.8 Å². The Morgan fingerprint density at radius 1 is 1.70 bits per heavy atom. The van der Waals surface area contributed by atoms with Gasteiger partial charge in [0.15, 0.2) is 0 Å². The van der Waals surface area contributed by atoms with E-state index in [1.165, 1.54) is 5.57 Å². The molecule has 0 aliphatic heterocycles. The molecule has 1 nitrogen and oxygen atoms in total. The van der Waals surface area contributed by atoms with Gasteiger partial charge in [0.2, 0.25) is 0 Å². The van der Waals surface area contributed by atoms with Crippen molar-refractivity contribution in [2.24, 2.45) is 0 Å². The largest absolute Gasteiger partial charge is 0.377 e. The number of hydrogen-bond donors (Lipinski definition) is 0. The lowest BCUT2D eigenvalue weighted by Crippen LogP contribution is -2.07. The number of rotatable bonds is 2. The molecule has 10 heavy (non-hydrogen) atoms. The highest BCUT2D eigenvalue weighted by Crippen LogP contribution is 2.14. The first kappa shape index (κ1) is 7.55. The second kappa shape index (κ2) is 3.57. The minimum atomic E-state index is 0.315. The van der Waals surface area contributed by atoms with E-state index in [0.29, 0.717) is 6.10 Å². The molecule has 1 aliphatic carbocycles. The Morgan fingerprint density at radius 3 is 2.90 bits per heavy atom. The van der Waals surface area contributed by atoms with Crippen LogP contribution in [0.1, 0.15) is 19.8 Å². The van der Waals surface area contributed by atoms with Crippen molar-refractivity contribution in [3.05, 3.63) is 23.8 Å². The molecule has 0 amide bonds. The van der Waals surface area contributed by atoms with Gasteiger partial charge in [0.05, 0.1) is 6.10 Å². The van der Waals surface area contributed by atoms with Crippen LogP contribution in [0, 0.1) is 0 Å². The molecule has 0 fully saturated rings. The fourth-order valence-electron chi connectivity index (χ4n) is 1.08. The van der Waals surface area contributed by atoms with Gasteiger partial charge in [-0.1, -0.05) is 30.7 Å². The molecule has 0 saturated heterocycles. The third kappa shape index (κ3) is 1.71. The summed E-state index contributed by atoms with van der Waals surface area (Å²) in [4.78, 5) is 0. The molecule has 0 N–H and O–H groups in total. The predicted octanol–water partition coefficient (Wildman–Crippen LogP) is 2.30. The summed E-state index contributed by atoms with van der Waals surface area (Å²) in [5.74, 6) is 0. The Bertz CT molecular complexity index is 156. The molecule has 0 heterocycles. The summed E-state index contributed by atoms with van der Waals surface area (Å²) in [6.07, 6.45) is 9.00. The lowest BCUT2D eigenvalue weighted by Gasteiger charge is -2.13. The predicted molar refractivity (Wildman–Crippen MR) is 42.9 cm³/mol. The zero-order valence-corrected chi connectivity index (χ0v) is 6.63. The summed E-state index contributed by atoms with van der Waals surface area (Å²) in [5.41, 5.74) is 1.42. The summed E-state index contributed by atoms with van der Waals surface area (Å²) in [5, 5.41) is 0. The van der Waals surface area contributed by atoms with Gasteiger partial charge in [-0.25, -0.2) is 0 Å². The van der Waals surface area contributed by atoms with Crippen LogP contribution in [0.25, 0.3) is 0 Å². The maximum absolute atomic E-state index is 5.15. The molecule has 1 atom stereocenters. The second-order valence-corrected chi connectivity index (χ2v) is 2.50. The monoisotopic (exact) mass is 138 g/mol. The molecular formula is C9H14O. The Hall–Kier alpha value is -0.560. The molecule has 0 aromatic heterocycles. The molecule has 1 heteroatoms. The highest BCUT2D eigenvalue weighted by molar-refractivity contribution is 5.23. The Labute approximate surface area is 62.4 Å². The normalized spacial score (nSPS) is 24.6. The Kier molecular flexibility index (Phi) is 2.69. The van der Waals surface area contributed by atoms with E-state index in [1.807, 2.05) is 0 Å². The van der Waals surface area contributed by atoms with Gasteiger partial charge in [-0.2, -0.15) is 0 Å². The minimum absolute atomic E-state index is 0.315. The summed E-state index contributed by atoms with van der Waals surface area (Å²) in [6, 6.07) is 0. The first-order valence-electron chi connectivity index (χ1n) is 3.77. The summed E-state index contributed by atoms with van der Waals surface area (Å²) < 4.78 is 5.15. The van der Waals surface area contributed by atoms with Crippen LogP contribution in [-0.2, 0) is 4.74 Å². The van der Waals surface area contributed by atoms with Crippen molar-refractivity contribution in [1.82, 2.24) is 0 Å². The van der Waals surface area contributed by atoms with Gasteiger partial charge in [-0.3, -0.25) is 0 Å². The van der Waals surface area contributed by atoms with Crippen LogP contribution in [0.3, 0.4) is 0 Å². The van der Waals surface area contributed by atoms with Crippen molar-refractivity contribution in [1.29, 1.82) is 0 Å². The van der Waals surface area contributed by atoms with Gasteiger partial charge in [-0.05, 0) is 12.8 Å². The van der Waals surface area contributed by atoms with Crippen LogP contribution >= 0.6 is 0 Å². The van der Waals surface area contributed by atoms with E-state index >= 15 is 0 Å². The number of ether oxygens (including phenoxy) is 1. The van der Waals surface area contributed by atoms with E-state index in [9.17, 15) is 0 Å². The first-order chi connectivity index (χ1) is 4.86. The van der Waals surface area contributed by atoms with Crippen molar-refractivity contribution >= 4 is 0 Å². The highest BCUT2D eigenvalue weighted by atomic mass is 16.5. The summed E-state index contributed by atoms with van der Waals surface area (Å²) in [7, 11) is 1.75. The zero-order chi connectivity index (χ0) is 7.40. The standard InChI is InChI=1S/C9H14O/c1-3-8-4-6-9(10-2)7-5-8/h4-6,9H,3,7H2,1-2H3. The van der Waals surface area contributed by atoms with Crippen LogP contribution in [-0.4, -0.2) is 13.2 Å². The van der Waals surface area contributed by atoms with E-state index in [1.54, 1.807) is 7.11 Å². The van der Waals surface area contributed by atoms with Gasteiger partial charge >= 0.3 is 0 Å². The maximum atomic E-state index is 5.15. The maximum Gasteiger partial charge on any atom is 0.0789 e. The third-order valence-electron chi connectivity index (χ3n) is 1.85. The fraction of sp³-hybridized carbons (Fsp3) is 0.556. The van der Waals surface area contributed by atoms with Crippen molar-refractivity contribution in [3.8, 4) is 0 Å². The molecule has 1 aliphatic rings. The number of allylic oxidation sites excluding steroid dienone is 2. The van der Waals surface area contributed by atoms with Crippen LogP contribution in [0.2, 0.25) is 0 Å². The molecule has 0 bridgehead atoms. The Balaban J connectivity index is 2.46. The highest BCUT2D eigenvalue weighted by Gasteiger charge is 2.04. The van der Waals surface area contributed by atoms with Crippen LogP contribution in [0.5, 0.6) is 0 Å². The zero-order valence-electron chi connectivity index (χ0n) is 6.63. The van der Waals surface area contributed by atoms with E-state index in [4.69, 9.17) is 4.74 Å².